The third-order valence-electron chi connectivity index (χ3n) is 2.47. The van der Waals surface area contributed by atoms with Crippen LogP contribution in [0.5, 0.6) is 5.75 Å². The second-order valence-corrected chi connectivity index (χ2v) is 3.55. The van der Waals surface area contributed by atoms with Crippen LogP contribution in [0, 0.1) is 4.91 Å². The lowest BCUT2D eigenvalue weighted by atomic mass is 10.1. The minimum Gasteiger partial charge on any atom is -0.497 e. The Kier molecular flexibility index (Phi) is 3.04. The van der Waals surface area contributed by atoms with Crippen molar-refractivity contribution in [1.29, 1.82) is 0 Å². The summed E-state index contributed by atoms with van der Waals surface area (Å²) in [5, 5.41) is 9.32. The number of hydrogen-bond donors (Lipinski definition) is 2. The number of aromatic amines is 1. The second-order valence-electron chi connectivity index (χ2n) is 3.55. The number of nitrogens with zero attached hydrogens (tertiary/aromatic N) is 2. The van der Waals surface area contributed by atoms with Gasteiger partial charge in [-0.2, -0.15) is 5.10 Å². The van der Waals surface area contributed by atoms with Crippen molar-refractivity contribution >= 4 is 11.5 Å². The molecule has 0 amide bonds. The maximum Gasteiger partial charge on any atom is 0.175 e. The SMILES string of the molecule is COc1ccc(Cc2[nH]nc(N)c2N=O)cc1. The summed E-state index contributed by atoms with van der Waals surface area (Å²) >= 11 is 0. The van der Waals surface area contributed by atoms with Gasteiger partial charge >= 0.3 is 0 Å². The third kappa shape index (κ3) is 2.25. The molecule has 0 spiro atoms. The predicted molar refractivity (Wildman–Crippen MR) is 64.3 cm³/mol. The number of methoxy groups -OCH3 is 1. The van der Waals surface area contributed by atoms with Crippen LogP contribution in [0.25, 0.3) is 0 Å². The van der Waals surface area contributed by atoms with E-state index in [0.29, 0.717) is 12.1 Å². The first-order valence-corrected chi connectivity index (χ1v) is 5.03. The van der Waals surface area contributed by atoms with Gasteiger partial charge in [0, 0.05) is 6.42 Å². The molecule has 0 saturated heterocycles. The van der Waals surface area contributed by atoms with Gasteiger partial charge in [0.15, 0.2) is 11.5 Å². The normalized spacial score (nSPS) is 10.2. The highest BCUT2D eigenvalue weighted by Gasteiger charge is 2.11. The minimum atomic E-state index is 0.128. The number of nitrogens with one attached hydrogen (secondary N) is 1. The van der Waals surface area contributed by atoms with Crippen LogP contribution < -0.4 is 10.5 Å². The molecule has 0 aliphatic heterocycles. The molecule has 0 saturated carbocycles. The van der Waals surface area contributed by atoms with E-state index in [9.17, 15) is 4.91 Å². The van der Waals surface area contributed by atoms with Crippen LogP contribution in [0.2, 0.25) is 0 Å². The molecule has 17 heavy (non-hydrogen) atoms. The predicted octanol–water partition coefficient (Wildman–Crippen LogP) is 1.99. The van der Waals surface area contributed by atoms with Crippen molar-refractivity contribution in [3.8, 4) is 5.75 Å². The summed E-state index contributed by atoms with van der Waals surface area (Å²) in [5.41, 5.74) is 7.30. The average molecular weight is 232 g/mol. The van der Waals surface area contributed by atoms with Crippen LogP contribution in [0.3, 0.4) is 0 Å². The number of benzene rings is 1. The molecular weight excluding hydrogens is 220 g/mol. The summed E-state index contributed by atoms with van der Waals surface area (Å²) in [5.74, 6) is 0.912. The van der Waals surface area contributed by atoms with Gasteiger partial charge in [0.05, 0.1) is 12.8 Å². The van der Waals surface area contributed by atoms with E-state index in [1.54, 1.807) is 7.11 Å². The van der Waals surface area contributed by atoms with Gasteiger partial charge in [-0.1, -0.05) is 12.1 Å². The average Bonchev–Trinajstić information content (AvgIpc) is 2.71. The number of nitrogens with two attached hydrogens (primary N) is 1. The van der Waals surface area contributed by atoms with Gasteiger partial charge in [0.2, 0.25) is 0 Å². The van der Waals surface area contributed by atoms with Crippen molar-refractivity contribution < 1.29 is 4.74 Å². The first kappa shape index (κ1) is 11.1. The van der Waals surface area contributed by atoms with E-state index >= 15 is 0 Å². The van der Waals surface area contributed by atoms with E-state index < -0.39 is 0 Å². The summed E-state index contributed by atoms with van der Waals surface area (Å²) in [4.78, 5) is 10.6. The van der Waals surface area contributed by atoms with Gasteiger partial charge in [-0.15, -0.1) is 4.91 Å². The lowest BCUT2D eigenvalue weighted by Crippen LogP contribution is -1.90. The Morgan fingerprint density at radius 3 is 2.71 bits per heavy atom. The number of H-pyrrole nitrogens is 1. The Morgan fingerprint density at radius 1 is 1.41 bits per heavy atom. The standard InChI is InChI=1S/C11H12N4O2/c1-17-8-4-2-7(3-5-8)6-9-10(15-16)11(12)14-13-9/h2-5H,6H2,1H3,(H3,12,13,14). The highest BCUT2D eigenvalue weighted by atomic mass is 16.5. The fraction of sp³-hybridized carbons (Fsp3) is 0.182. The molecule has 0 aliphatic rings. The van der Waals surface area contributed by atoms with Crippen LogP contribution in [0.4, 0.5) is 11.5 Å². The second kappa shape index (κ2) is 4.65. The number of aromatic nitrogens is 2. The zero-order valence-electron chi connectivity index (χ0n) is 9.30. The maximum absolute atomic E-state index is 10.6. The molecule has 2 aromatic rings. The first-order chi connectivity index (χ1) is 8.24. The highest BCUT2D eigenvalue weighted by molar-refractivity contribution is 5.61. The number of nitrogen functional groups attached to an aromatic ring is 1. The molecule has 0 bridgehead atoms. The van der Waals surface area contributed by atoms with Gasteiger partial charge in [-0.3, -0.25) is 5.10 Å². The van der Waals surface area contributed by atoms with Crippen LogP contribution in [-0.4, -0.2) is 17.3 Å². The number of hydrogen-bond acceptors (Lipinski definition) is 5. The Morgan fingerprint density at radius 2 is 2.12 bits per heavy atom. The maximum atomic E-state index is 10.6. The first-order valence-electron chi connectivity index (χ1n) is 5.03. The van der Waals surface area contributed by atoms with Crippen molar-refractivity contribution in [3.63, 3.8) is 0 Å². The summed E-state index contributed by atoms with van der Waals surface area (Å²) in [6.07, 6.45) is 0.523. The summed E-state index contributed by atoms with van der Waals surface area (Å²) < 4.78 is 5.06. The molecule has 88 valence electrons. The van der Waals surface area contributed by atoms with Crippen molar-refractivity contribution in [3.05, 3.63) is 40.4 Å². The van der Waals surface area contributed by atoms with Crippen LogP contribution >= 0.6 is 0 Å². The molecule has 6 heteroatoms. The van der Waals surface area contributed by atoms with Crippen molar-refractivity contribution in [2.24, 2.45) is 5.18 Å². The van der Waals surface area contributed by atoms with E-state index in [1.807, 2.05) is 24.3 Å². The van der Waals surface area contributed by atoms with Gasteiger partial charge in [-0.25, -0.2) is 0 Å². The molecule has 0 aliphatic carbocycles. The molecular formula is C11H12N4O2. The van der Waals surface area contributed by atoms with E-state index in [-0.39, 0.29) is 11.5 Å². The Bertz CT molecular complexity index is 519. The quantitative estimate of drug-likeness (QED) is 0.788. The van der Waals surface area contributed by atoms with E-state index in [2.05, 4.69) is 15.4 Å². The van der Waals surface area contributed by atoms with Crippen molar-refractivity contribution in [2.75, 3.05) is 12.8 Å². The molecule has 6 nitrogen and oxygen atoms in total. The third-order valence-corrected chi connectivity index (χ3v) is 2.47. The van der Waals surface area contributed by atoms with Crippen molar-refractivity contribution in [2.45, 2.75) is 6.42 Å². The summed E-state index contributed by atoms with van der Waals surface area (Å²) in [6.45, 7) is 0. The molecule has 0 radical (unpaired) electrons. The van der Waals surface area contributed by atoms with Crippen molar-refractivity contribution in [1.82, 2.24) is 10.2 Å². The smallest absolute Gasteiger partial charge is 0.175 e. The zero-order valence-corrected chi connectivity index (χ0v) is 9.30. The molecule has 0 fully saturated rings. The summed E-state index contributed by atoms with van der Waals surface area (Å²) in [6, 6.07) is 7.51. The minimum absolute atomic E-state index is 0.128. The lowest BCUT2D eigenvalue weighted by molar-refractivity contribution is 0.414. The van der Waals surface area contributed by atoms with Gasteiger partial charge in [-0.05, 0) is 22.9 Å². The highest BCUT2D eigenvalue weighted by Crippen LogP contribution is 2.26. The molecule has 1 aromatic carbocycles. The van der Waals surface area contributed by atoms with Crippen LogP contribution in [0.1, 0.15) is 11.3 Å². The van der Waals surface area contributed by atoms with Gasteiger partial charge in [0.25, 0.3) is 0 Å². The number of rotatable bonds is 4. The molecule has 1 aromatic heterocycles. The Balaban J connectivity index is 2.22. The van der Waals surface area contributed by atoms with Gasteiger partial charge < -0.3 is 10.5 Å². The number of anilines is 1. The zero-order chi connectivity index (χ0) is 12.3. The lowest BCUT2D eigenvalue weighted by Gasteiger charge is -2.02. The molecule has 0 unspecified atom stereocenters. The Labute approximate surface area is 97.8 Å². The topological polar surface area (TPSA) is 93.4 Å². The van der Waals surface area contributed by atoms with E-state index in [0.717, 1.165) is 11.3 Å². The van der Waals surface area contributed by atoms with E-state index in [1.165, 1.54) is 0 Å². The molecule has 0 atom stereocenters. The molecule has 1 heterocycles. The van der Waals surface area contributed by atoms with E-state index in [4.69, 9.17) is 10.5 Å². The fourth-order valence-corrected chi connectivity index (χ4v) is 1.56. The number of ether oxygens (including phenoxy) is 1. The monoisotopic (exact) mass is 232 g/mol. The molecule has 3 N–H and O–H groups in total. The van der Waals surface area contributed by atoms with Crippen LogP contribution in [-0.2, 0) is 6.42 Å². The fourth-order valence-electron chi connectivity index (χ4n) is 1.56. The number of nitroso groups, excluding NO2 is 1. The largest absolute Gasteiger partial charge is 0.497 e. The summed E-state index contributed by atoms with van der Waals surface area (Å²) in [7, 11) is 1.61. The molecule has 2 rings (SSSR count). The van der Waals surface area contributed by atoms with Crippen LogP contribution in [0.15, 0.2) is 29.4 Å². The Hall–Kier alpha value is -2.37. The van der Waals surface area contributed by atoms with Gasteiger partial charge in [0.1, 0.15) is 5.75 Å².